The van der Waals surface area contributed by atoms with Crippen molar-refractivity contribution < 1.29 is 9.13 Å². The molecule has 0 bridgehead atoms. The van der Waals surface area contributed by atoms with E-state index in [9.17, 15) is 4.39 Å². The predicted octanol–water partition coefficient (Wildman–Crippen LogP) is 3.04. The lowest BCUT2D eigenvalue weighted by molar-refractivity contribution is 0.412. The van der Waals surface area contributed by atoms with Crippen LogP contribution in [0.3, 0.4) is 0 Å². The number of halogens is 2. The number of hydrogen-bond acceptors (Lipinski definition) is 3. The zero-order valence-corrected chi connectivity index (χ0v) is 11.3. The molecule has 3 nitrogen and oxygen atoms in total. The first-order chi connectivity index (χ1) is 8.63. The molecule has 0 amide bonds. The maximum atomic E-state index is 13.6. The molecule has 5 heteroatoms. The Morgan fingerprint density at radius 3 is 2.78 bits per heavy atom. The van der Waals surface area contributed by atoms with Crippen LogP contribution in [0, 0.1) is 5.82 Å². The molecular formula is C13H12BrFN2O. The second-order valence-corrected chi connectivity index (χ2v) is 4.62. The van der Waals surface area contributed by atoms with Gasteiger partial charge >= 0.3 is 0 Å². The maximum Gasteiger partial charge on any atom is 0.146 e. The molecule has 0 radical (unpaired) electrons. The predicted molar refractivity (Wildman–Crippen MR) is 70.9 cm³/mol. The molecule has 0 aliphatic heterocycles. The van der Waals surface area contributed by atoms with Crippen molar-refractivity contribution in [2.24, 2.45) is 5.73 Å². The molecule has 0 saturated heterocycles. The molecular weight excluding hydrogens is 299 g/mol. The first-order valence-electron chi connectivity index (χ1n) is 5.32. The van der Waals surface area contributed by atoms with E-state index in [2.05, 4.69) is 20.9 Å². The lowest BCUT2D eigenvalue weighted by Crippen LogP contribution is -2.13. The van der Waals surface area contributed by atoms with Crippen LogP contribution in [-0.2, 0) is 0 Å². The molecule has 0 aliphatic carbocycles. The summed E-state index contributed by atoms with van der Waals surface area (Å²) in [5, 5.41) is 0. The summed E-state index contributed by atoms with van der Waals surface area (Å²) in [7, 11) is 1.59. The van der Waals surface area contributed by atoms with Gasteiger partial charge in [0.05, 0.1) is 23.8 Å². The van der Waals surface area contributed by atoms with Crippen LogP contribution in [0.1, 0.15) is 17.2 Å². The van der Waals surface area contributed by atoms with E-state index in [4.69, 9.17) is 10.5 Å². The van der Waals surface area contributed by atoms with E-state index in [-0.39, 0.29) is 0 Å². The van der Waals surface area contributed by atoms with Crippen LogP contribution in [0.2, 0.25) is 0 Å². The van der Waals surface area contributed by atoms with Gasteiger partial charge in [-0.05, 0) is 39.7 Å². The number of rotatable bonds is 3. The third kappa shape index (κ3) is 2.52. The lowest BCUT2D eigenvalue weighted by Gasteiger charge is -2.14. The van der Waals surface area contributed by atoms with E-state index < -0.39 is 11.9 Å². The zero-order chi connectivity index (χ0) is 13.1. The molecule has 18 heavy (non-hydrogen) atoms. The Balaban J connectivity index is 2.37. The quantitative estimate of drug-likeness (QED) is 0.948. The van der Waals surface area contributed by atoms with Gasteiger partial charge in [-0.15, -0.1) is 0 Å². The van der Waals surface area contributed by atoms with E-state index in [1.165, 1.54) is 6.20 Å². The minimum absolute atomic E-state index is 0.406. The summed E-state index contributed by atoms with van der Waals surface area (Å²) in [6.07, 6.45) is 2.69. The molecule has 0 aliphatic rings. The van der Waals surface area contributed by atoms with Crippen molar-refractivity contribution in [2.45, 2.75) is 6.04 Å². The molecule has 1 aromatic carbocycles. The van der Waals surface area contributed by atoms with Crippen molar-refractivity contribution in [2.75, 3.05) is 7.11 Å². The molecule has 2 aromatic rings. The summed E-state index contributed by atoms with van der Waals surface area (Å²) in [4.78, 5) is 3.71. The van der Waals surface area contributed by atoms with Crippen LogP contribution in [0.15, 0.2) is 41.1 Å². The molecule has 1 aromatic heterocycles. The Labute approximate surface area is 113 Å². The highest BCUT2D eigenvalue weighted by Gasteiger charge is 2.14. The van der Waals surface area contributed by atoms with E-state index in [0.717, 1.165) is 16.2 Å². The summed E-state index contributed by atoms with van der Waals surface area (Å²) in [6.45, 7) is 0. The van der Waals surface area contributed by atoms with E-state index in [1.807, 2.05) is 12.1 Å². The largest absolute Gasteiger partial charge is 0.496 e. The number of nitrogens with zero attached hydrogens (tertiary/aromatic N) is 1. The van der Waals surface area contributed by atoms with Gasteiger partial charge in [-0.3, -0.25) is 4.98 Å². The van der Waals surface area contributed by atoms with Crippen LogP contribution in [-0.4, -0.2) is 12.1 Å². The highest BCUT2D eigenvalue weighted by atomic mass is 79.9. The minimum Gasteiger partial charge on any atom is -0.496 e. The Morgan fingerprint density at radius 1 is 1.39 bits per heavy atom. The number of pyridine rings is 1. The average molecular weight is 311 g/mol. The Kier molecular flexibility index (Phi) is 3.93. The molecule has 94 valence electrons. The number of methoxy groups -OCH3 is 1. The highest BCUT2D eigenvalue weighted by molar-refractivity contribution is 9.10. The Hall–Kier alpha value is -1.46. The van der Waals surface area contributed by atoms with Gasteiger partial charge in [0.1, 0.15) is 11.6 Å². The van der Waals surface area contributed by atoms with E-state index in [1.54, 1.807) is 19.2 Å². The van der Waals surface area contributed by atoms with Gasteiger partial charge in [-0.2, -0.15) is 0 Å². The molecule has 1 atom stereocenters. The first kappa shape index (κ1) is 13.0. The Bertz CT molecular complexity index is 562. The number of hydrogen-bond donors (Lipinski definition) is 1. The molecule has 1 unspecified atom stereocenters. The molecule has 0 saturated carbocycles. The fourth-order valence-electron chi connectivity index (χ4n) is 1.69. The average Bonchev–Trinajstić information content (AvgIpc) is 2.38. The van der Waals surface area contributed by atoms with Crippen molar-refractivity contribution in [1.82, 2.24) is 4.98 Å². The van der Waals surface area contributed by atoms with Gasteiger partial charge in [0.2, 0.25) is 0 Å². The molecule has 2 rings (SSSR count). The fourth-order valence-corrected chi connectivity index (χ4v) is 2.25. The minimum atomic E-state index is -0.532. The van der Waals surface area contributed by atoms with Crippen molar-refractivity contribution >= 4 is 15.9 Å². The maximum absolute atomic E-state index is 13.6. The van der Waals surface area contributed by atoms with Crippen LogP contribution < -0.4 is 10.5 Å². The number of ether oxygens (including phenoxy) is 1. The first-order valence-corrected chi connectivity index (χ1v) is 6.11. The second-order valence-electron chi connectivity index (χ2n) is 3.77. The van der Waals surface area contributed by atoms with Gasteiger partial charge in [-0.25, -0.2) is 4.39 Å². The van der Waals surface area contributed by atoms with E-state index >= 15 is 0 Å². The van der Waals surface area contributed by atoms with Crippen molar-refractivity contribution in [3.63, 3.8) is 0 Å². The SMILES string of the molecule is COc1ccc(C(N)c2ccncc2F)cc1Br. The van der Waals surface area contributed by atoms with Crippen LogP contribution in [0.25, 0.3) is 0 Å². The molecule has 1 heterocycles. The summed E-state index contributed by atoms with van der Waals surface area (Å²) in [6, 6.07) is 6.48. The van der Waals surface area contributed by atoms with E-state index in [0.29, 0.717) is 11.3 Å². The summed E-state index contributed by atoms with van der Waals surface area (Å²) < 4.78 is 19.5. The van der Waals surface area contributed by atoms with Gasteiger partial charge in [0.15, 0.2) is 0 Å². The smallest absolute Gasteiger partial charge is 0.146 e. The normalized spacial score (nSPS) is 12.2. The van der Waals surface area contributed by atoms with Gasteiger partial charge < -0.3 is 10.5 Å². The number of benzene rings is 1. The third-order valence-electron chi connectivity index (χ3n) is 2.67. The van der Waals surface area contributed by atoms with Crippen LogP contribution in [0.5, 0.6) is 5.75 Å². The number of aromatic nitrogens is 1. The Morgan fingerprint density at radius 2 is 2.17 bits per heavy atom. The lowest BCUT2D eigenvalue weighted by atomic mass is 10.0. The second kappa shape index (κ2) is 5.46. The van der Waals surface area contributed by atoms with Gasteiger partial charge in [0.25, 0.3) is 0 Å². The monoisotopic (exact) mass is 310 g/mol. The molecule has 0 spiro atoms. The van der Waals surface area contributed by atoms with Crippen molar-refractivity contribution in [1.29, 1.82) is 0 Å². The summed E-state index contributed by atoms with van der Waals surface area (Å²) >= 11 is 3.38. The number of nitrogens with two attached hydrogens (primary N) is 1. The zero-order valence-electron chi connectivity index (χ0n) is 9.73. The standard InChI is InChI=1S/C13H12BrFN2O/c1-18-12-3-2-8(6-10(12)14)13(16)9-4-5-17-7-11(9)15/h2-7,13H,16H2,1H3. The van der Waals surface area contributed by atoms with Gasteiger partial charge in [-0.1, -0.05) is 6.07 Å². The highest BCUT2D eigenvalue weighted by Crippen LogP contribution is 2.30. The van der Waals surface area contributed by atoms with Gasteiger partial charge in [0, 0.05) is 11.8 Å². The third-order valence-corrected chi connectivity index (χ3v) is 3.29. The summed E-state index contributed by atoms with van der Waals surface area (Å²) in [5.41, 5.74) is 7.27. The van der Waals surface area contributed by atoms with Crippen molar-refractivity contribution in [3.05, 3.63) is 58.1 Å². The fraction of sp³-hybridized carbons (Fsp3) is 0.154. The topological polar surface area (TPSA) is 48.1 Å². The van der Waals surface area contributed by atoms with Crippen molar-refractivity contribution in [3.8, 4) is 5.75 Å². The van der Waals surface area contributed by atoms with Crippen LogP contribution >= 0.6 is 15.9 Å². The molecule has 0 fully saturated rings. The van der Waals surface area contributed by atoms with Crippen LogP contribution in [0.4, 0.5) is 4.39 Å². The molecule has 2 N–H and O–H groups in total. The summed E-state index contributed by atoms with van der Waals surface area (Å²) in [5.74, 6) is 0.304.